The highest BCUT2D eigenvalue weighted by atomic mass is 16.3. The maximum atomic E-state index is 9.77. The lowest BCUT2D eigenvalue weighted by Crippen LogP contribution is -2.01. The third-order valence-electron chi connectivity index (χ3n) is 4.88. The van der Waals surface area contributed by atoms with Crippen LogP contribution in [-0.2, 0) is 6.42 Å². The molecule has 0 radical (unpaired) electrons. The first-order chi connectivity index (χ1) is 14.0. The first-order valence-corrected chi connectivity index (χ1v) is 9.79. The molecule has 0 unspecified atom stereocenters. The quantitative estimate of drug-likeness (QED) is 0.456. The van der Waals surface area contributed by atoms with Crippen LogP contribution in [0.1, 0.15) is 19.4 Å². The van der Waals surface area contributed by atoms with Gasteiger partial charge in [-0.3, -0.25) is 0 Å². The van der Waals surface area contributed by atoms with Crippen LogP contribution >= 0.6 is 0 Å². The summed E-state index contributed by atoms with van der Waals surface area (Å²) < 4.78 is 1.98. The van der Waals surface area contributed by atoms with Crippen LogP contribution in [0.4, 0.5) is 0 Å². The summed E-state index contributed by atoms with van der Waals surface area (Å²) in [7, 11) is 0. The van der Waals surface area contributed by atoms with Crippen molar-refractivity contribution in [2.75, 3.05) is 0 Å². The van der Waals surface area contributed by atoms with Crippen LogP contribution in [0.3, 0.4) is 0 Å². The molecule has 2 N–H and O–H groups in total. The number of para-hydroxylation sites is 1. The summed E-state index contributed by atoms with van der Waals surface area (Å²) in [5.41, 5.74) is 6.03. The number of aromatic hydroxyl groups is 2. The molecule has 4 aromatic rings. The zero-order chi connectivity index (χ0) is 20.4. The van der Waals surface area contributed by atoms with Crippen molar-refractivity contribution in [3.63, 3.8) is 0 Å². The van der Waals surface area contributed by atoms with Crippen molar-refractivity contribution >= 4 is 0 Å². The average Bonchev–Trinajstić information content (AvgIpc) is 3.08. The Bertz CT molecular complexity index is 1100. The van der Waals surface area contributed by atoms with Gasteiger partial charge in [0, 0.05) is 16.7 Å². The average molecular weight is 384 g/mol. The van der Waals surface area contributed by atoms with Gasteiger partial charge < -0.3 is 10.2 Å². The third-order valence-corrected chi connectivity index (χ3v) is 4.88. The minimum Gasteiger partial charge on any atom is -0.508 e. The lowest BCUT2D eigenvalue weighted by atomic mass is 9.94. The SMILES string of the molecule is CC(C)Cc1c(-c2ccc(O)cc2)nn(-c2ccccc2)c1-c1ccc(O)cc1. The van der Waals surface area contributed by atoms with Crippen LogP contribution in [0.5, 0.6) is 11.5 Å². The van der Waals surface area contributed by atoms with Crippen molar-refractivity contribution in [2.45, 2.75) is 20.3 Å². The van der Waals surface area contributed by atoms with Crippen molar-refractivity contribution in [1.82, 2.24) is 9.78 Å². The van der Waals surface area contributed by atoms with E-state index in [0.29, 0.717) is 5.92 Å². The van der Waals surface area contributed by atoms with Gasteiger partial charge in [-0.25, -0.2) is 4.68 Å². The summed E-state index contributed by atoms with van der Waals surface area (Å²) in [5, 5.41) is 24.5. The van der Waals surface area contributed by atoms with Gasteiger partial charge in [-0.1, -0.05) is 32.0 Å². The van der Waals surface area contributed by atoms with Gasteiger partial charge >= 0.3 is 0 Å². The minimum absolute atomic E-state index is 0.236. The Morgan fingerprint density at radius 2 is 1.31 bits per heavy atom. The predicted molar refractivity (Wildman–Crippen MR) is 116 cm³/mol. The Morgan fingerprint density at radius 1 is 0.759 bits per heavy atom. The van der Waals surface area contributed by atoms with E-state index in [4.69, 9.17) is 5.10 Å². The molecule has 0 bridgehead atoms. The van der Waals surface area contributed by atoms with Gasteiger partial charge in [-0.15, -0.1) is 0 Å². The largest absolute Gasteiger partial charge is 0.508 e. The highest BCUT2D eigenvalue weighted by Crippen LogP contribution is 2.36. The van der Waals surface area contributed by atoms with Gasteiger partial charge in [0.05, 0.1) is 17.1 Å². The molecule has 1 aromatic heterocycles. The van der Waals surface area contributed by atoms with E-state index in [1.54, 1.807) is 24.3 Å². The fourth-order valence-corrected chi connectivity index (χ4v) is 3.58. The number of phenolic OH excluding ortho intramolecular Hbond substituents is 2. The summed E-state index contributed by atoms with van der Waals surface area (Å²) in [4.78, 5) is 0. The molecule has 1 heterocycles. The third kappa shape index (κ3) is 3.87. The summed E-state index contributed by atoms with van der Waals surface area (Å²) in [6.07, 6.45) is 0.860. The standard InChI is InChI=1S/C25H24N2O2/c1-17(2)16-23-24(18-8-12-21(28)13-9-18)26-27(20-6-4-3-5-7-20)25(23)19-10-14-22(29)15-11-19/h3-15,17,28-29H,16H2,1-2H3. The number of benzene rings is 3. The Hall–Kier alpha value is -3.53. The van der Waals surface area contributed by atoms with Gasteiger partial charge in [0.1, 0.15) is 11.5 Å². The van der Waals surface area contributed by atoms with Crippen LogP contribution in [0.15, 0.2) is 78.9 Å². The van der Waals surface area contributed by atoms with Crippen LogP contribution in [0, 0.1) is 5.92 Å². The topological polar surface area (TPSA) is 58.3 Å². The lowest BCUT2D eigenvalue weighted by Gasteiger charge is -2.12. The molecule has 3 aromatic carbocycles. The minimum atomic E-state index is 0.236. The number of phenols is 2. The van der Waals surface area contributed by atoms with Crippen LogP contribution in [0.25, 0.3) is 28.2 Å². The monoisotopic (exact) mass is 384 g/mol. The van der Waals surface area contributed by atoms with Crippen molar-refractivity contribution < 1.29 is 10.2 Å². The molecule has 0 atom stereocenters. The Kier molecular flexibility index (Phi) is 5.09. The normalized spacial score (nSPS) is 11.1. The molecule has 146 valence electrons. The Labute approximate surface area is 170 Å². The highest BCUT2D eigenvalue weighted by Gasteiger charge is 2.22. The zero-order valence-electron chi connectivity index (χ0n) is 16.6. The summed E-state index contributed by atoms with van der Waals surface area (Å²) in [6.45, 7) is 4.39. The second-order valence-corrected chi connectivity index (χ2v) is 7.61. The number of nitrogens with zero attached hydrogens (tertiary/aromatic N) is 2. The fraction of sp³-hybridized carbons (Fsp3) is 0.160. The van der Waals surface area contributed by atoms with E-state index in [2.05, 4.69) is 13.8 Å². The van der Waals surface area contributed by atoms with E-state index in [1.165, 1.54) is 0 Å². The van der Waals surface area contributed by atoms with Gasteiger partial charge in [0.15, 0.2) is 0 Å². The van der Waals surface area contributed by atoms with Gasteiger partial charge in [0.25, 0.3) is 0 Å². The van der Waals surface area contributed by atoms with E-state index >= 15 is 0 Å². The molecular weight excluding hydrogens is 360 g/mol. The van der Waals surface area contributed by atoms with E-state index in [1.807, 2.05) is 59.3 Å². The van der Waals surface area contributed by atoms with Crippen LogP contribution in [0.2, 0.25) is 0 Å². The van der Waals surface area contributed by atoms with Crippen molar-refractivity contribution in [3.8, 4) is 39.7 Å². The van der Waals surface area contributed by atoms with E-state index in [0.717, 1.165) is 40.2 Å². The first kappa shape index (κ1) is 18.8. The molecule has 0 saturated heterocycles. The zero-order valence-corrected chi connectivity index (χ0v) is 16.6. The molecular formula is C25H24N2O2. The second kappa shape index (κ2) is 7.84. The summed E-state index contributed by atoms with van der Waals surface area (Å²) in [6, 6.07) is 24.5. The summed E-state index contributed by atoms with van der Waals surface area (Å²) >= 11 is 0. The molecule has 0 fully saturated rings. The predicted octanol–water partition coefficient (Wildman–Crippen LogP) is 5.82. The molecule has 29 heavy (non-hydrogen) atoms. The number of rotatable bonds is 5. The maximum Gasteiger partial charge on any atom is 0.115 e. The molecule has 0 aliphatic heterocycles. The van der Waals surface area contributed by atoms with Crippen LogP contribution < -0.4 is 0 Å². The first-order valence-electron chi connectivity index (χ1n) is 9.79. The Morgan fingerprint density at radius 3 is 1.86 bits per heavy atom. The van der Waals surface area contributed by atoms with Gasteiger partial charge in [-0.05, 0) is 73.0 Å². The Balaban J connectivity index is 2.01. The second-order valence-electron chi connectivity index (χ2n) is 7.61. The van der Waals surface area contributed by atoms with Crippen LogP contribution in [-0.4, -0.2) is 20.0 Å². The molecule has 4 rings (SSSR count). The lowest BCUT2D eigenvalue weighted by molar-refractivity contribution is 0.475. The van der Waals surface area contributed by atoms with Crippen molar-refractivity contribution in [2.24, 2.45) is 5.92 Å². The molecule has 4 nitrogen and oxygen atoms in total. The fourth-order valence-electron chi connectivity index (χ4n) is 3.58. The number of hydrogen-bond donors (Lipinski definition) is 2. The number of hydrogen-bond acceptors (Lipinski definition) is 3. The summed E-state index contributed by atoms with van der Waals surface area (Å²) in [5.74, 6) is 0.916. The molecule has 0 aliphatic carbocycles. The van der Waals surface area contributed by atoms with E-state index in [-0.39, 0.29) is 11.5 Å². The number of aromatic nitrogens is 2. The smallest absolute Gasteiger partial charge is 0.115 e. The molecule has 0 spiro atoms. The highest BCUT2D eigenvalue weighted by molar-refractivity contribution is 5.76. The van der Waals surface area contributed by atoms with Crippen molar-refractivity contribution in [3.05, 3.63) is 84.4 Å². The maximum absolute atomic E-state index is 9.77. The van der Waals surface area contributed by atoms with E-state index < -0.39 is 0 Å². The molecule has 0 aliphatic rings. The van der Waals surface area contributed by atoms with Gasteiger partial charge in [-0.2, -0.15) is 5.10 Å². The molecule has 0 saturated carbocycles. The molecule has 0 amide bonds. The van der Waals surface area contributed by atoms with Crippen molar-refractivity contribution in [1.29, 1.82) is 0 Å². The van der Waals surface area contributed by atoms with Gasteiger partial charge in [0.2, 0.25) is 0 Å². The molecule has 4 heteroatoms. The van der Waals surface area contributed by atoms with E-state index in [9.17, 15) is 10.2 Å².